The fourth-order valence-electron chi connectivity index (χ4n) is 3.70. The van der Waals surface area contributed by atoms with E-state index in [-0.39, 0.29) is 0 Å². The summed E-state index contributed by atoms with van der Waals surface area (Å²) < 4.78 is 6.17. The number of carboxylic acids is 1. The van der Waals surface area contributed by atoms with Gasteiger partial charge in [0.2, 0.25) is 0 Å². The first-order chi connectivity index (χ1) is 9.12. The van der Waals surface area contributed by atoms with Crippen molar-refractivity contribution in [1.82, 2.24) is 0 Å². The number of carbonyl (C=O) groups is 1. The molecular formula is C16H30O4. The zero-order valence-electron chi connectivity index (χ0n) is 13.5. The van der Waals surface area contributed by atoms with Crippen LogP contribution >= 0.6 is 0 Å². The van der Waals surface area contributed by atoms with Crippen molar-refractivity contribution >= 4 is 5.97 Å². The van der Waals surface area contributed by atoms with E-state index in [1.54, 1.807) is 0 Å². The normalized spacial score (nSPS) is 30.2. The third-order valence-electron chi connectivity index (χ3n) is 4.85. The van der Waals surface area contributed by atoms with Crippen LogP contribution in [0, 0.1) is 5.92 Å². The molecule has 0 aliphatic carbocycles. The number of rotatable bonds is 6. The standard InChI is InChI=1S/C16H30O4/c1-6-9-16(19,10-7-2)15(5)11-8-12(13(17)18)14(3,4)20-15/h12,19H,6-11H2,1-5H3,(H,17,18)/t12-,15+/m0/s1. The maximum Gasteiger partial charge on any atom is 0.309 e. The van der Waals surface area contributed by atoms with Gasteiger partial charge in [0.1, 0.15) is 0 Å². The van der Waals surface area contributed by atoms with Crippen LogP contribution in [0.1, 0.15) is 73.1 Å². The van der Waals surface area contributed by atoms with E-state index in [0.29, 0.717) is 25.7 Å². The van der Waals surface area contributed by atoms with Crippen molar-refractivity contribution in [3.63, 3.8) is 0 Å². The molecule has 1 heterocycles. The summed E-state index contributed by atoms with van der Waals surface area (Å²) in [7, 11) is 0. The molecule has 1 saturated heterocycles. The van der Waals surface area contributed by atoms with Gasteiger partial charge in [0.25, 0.3) is 0 Å². The van der Waals surface area contributed by atoms with Crippen LogP contribution in [0.15, 0.2) is 0 Å². The molecule has 0 spiro atoms. The van der Waals surface area contributed by atoms with Crippen LogP contribution in [0.3, 0.4) is 0 Å². The summed E-state index contributed by atoms with van der Waals surface area (Å²) in [4.78, 5) is 11.3. The minimum Gasteiger partial charge on any atom is -0.481 e. The van der Waals surface area contributed by atoms with Gasteiger partial charge in [-0.15, -0.1) is 0 Å². The lowest BCUT2D eigenvalue weighted by molar-refractivity contribution is -0.267. The van der Waals surface area contributed by atoms with Gasteiger partial charge in [-0.05, 0) is 46.5 Å². The highest BCUT2D eigenvalue weighted by Gasteiger charge is 2.55. The molecule has 4 nitrogen and oxygen atoms in total. The lowest BCUT2D eigenvalue weighted by atomic mass is 9.69. The molecule has 0 saturated carbocycles. The molecule has 1 fully saturated rings. The van der Waals surface area contributed by atoms with E-state index in [1.165, 1.54) is 0 Å². The quantitative estimate of drug-likeness (QED) is 0.785. The van der Waals surface area contributed by atoms with Crippen LogP contribution in [0.2, 0.25) is 0 Å². The Bertz CT molecular complexity index is 344. The molecule has 0 amide bonds. The highest BCUT2D eigenvalue weighted by Crippen LogP contribution is 2.47. The first-order valence-electron chi connectivity index (χ1n) is 7.77. The number of hydrogen-bond donors (Lipinski definition) is 2. The zero-order valence-corrected chi connectivity index (χ0v) is 13.5. The predicted octanol–water partition coefficient (Wildman–Crippen LogP) is 3.37. The molecule has 0 aromatic heterocycles. The van der Waals surface area contributed by atoms with Gasteiger partial charge in [-0.25, -0.2) is 0 Å². The summed E-state index contributed by atoms with van der Waals surface area (Å²) in [5.41, 5.74) is -2.31. The monoisotopic (exact) mass is 286 g/mol. The third-order valence-corrected chi connectivity index (χ3v) is 4.85. The Morgan fingerprint density at radius 3 is 2.10 bits per heavy atom. The van der Waals surface area contributed by atoms with Crippen LogP contribution in [-0.4, -0.2) is 33.0 Å². The molecule has 1 aliphatic rings. The van der Waals surface area contributed by atoms with Crippen molar-refractivity contribution < 1.29 is 19.7 Å². The molecule has 4 heteroatoms. The Morgan fingerprint density at radius 2 is 1.75 bits per heavy atom. The summed E-state index contributed by atoms with van der Waals surface area (Å²) in [5.74, 6) is -1.32. The second kappa shape index (κ2) is 6.02. The molecule has 0 bridgehead atoms. The highest BCUT2D eigenvalue weighted by molar-refractivity contribution is 5.71. The maximum atomic E-state index is 11.3. The Hall–Kier alpha value is -0.610. The smallest absolute Gasteiger partial charge is 0.309 e. The largest absolute Gasteiger partial charge is 0.481 e. The van der Waals surface area contributed by atoms with E-state index >= 15 is 0 Å². The molecule has 2 N–H and O–H groups in total. The van der Waals surface area contributed by atoms with Crippen LogP contribution in [-0.2, 0) is 9.53 Å². The highest BCUT2D eigenvalue weighted by atomic mass is 16.5. The topological polar surface area (TPSA) is 66.8 Å². The third kappa shape index (κ3) is 3.17. The number of hydrogen-bond acceptors (Lipinski definition) is 3. The summed E-state index contributed by atoms with van der Waals surface area (Å²) in [5, 5.41) is 20.4. The Kier molecular flexibility index (Phi) is 5.25. The summed E-state index contributed by atoms with van der Waals surface area (Å²) in [6.07, 6.45) is 4.28. The first kappa shape index (κ1) is 17.4. The van der Waals surface area contributed by atoms with Crippen molar-refractivity contribution in [2.24, 2.45) is 5.92 Å². The Balaban J connectivity index is 3.02. The van der Waals surface area contributed by atoms with E-state index in [2.05, 4.69) is 13.8 Å². The lowest BCUT2D eigenvalue weighted by Gasteiger charge is -2.54. The molecule has 1 rings (SSSR count). The molecule has 20 heavy (non-hydrogen) atoms. The number of carboxylic acid groups (broad SMARTS) is 1. The van der Waals surface area contributed by atoms with Crippen molar-refractivity contribution in [3.8, 4) is 0 Å². The van der Waals surface area contributed by atoms with Crippen molar-refractivity contribution in [2.75, 3.05) is 0 Å². The maximum absolute atomic E-state index is 11.3. The average Bonchev–Trinajstić information content (AvgIpc) is 2.27. The predicted molar refractivity (Wildman–Crippen MR) is 78.7 cm³/mol. The minimum atomic E-state index is -0.878. The fraction of sp³-hybridized carbons (Fsp3) is 0.938. The van der Waals surface area contributed by atoms with Gasteiger partial charge in [-0.1, -0.05) is 26.7 Å². The summed E-state index contributed by atoms with van der Waals surface area (Å²) in [6, 6.07) is 0. The van der Waals surface area contributed by atoms with Gasteiger partial charge in [-0.2, -0.15) is 0 Å². The fourth-order valence-corrected chi connectivity index (χ4v) is 3.70. The van der Waals surface area contributed by atoms with Crippen molar-refractivity contribution in [1.29, 1.82) is 0 Å². The van der Waals surface area contributed by atoms with Crippen LogP contribution < -0.4 is 0 Å². The van der Waals surface area contributed by atoms with Crippen molar-refractivity contribution in [2.45, 2.75) is 89.9 Å². The van der Waals surface area contributed by atoms with Crippen LogP contribution in [0.5, 0.6) is 0 Å². The molecular weight excluding hydrogens is 256 g/mol. The molecule has 2 atom stereocenters. The SMILES string of the molecule is CCCC(O)(CCC)[C@@]1(C)CC[C@@H](C(=O)O)C(C)(C)O1. The number of ether oxygens (including phenoxy) is 1. The average molecular weight is 286 g/mol. The van der Waals surface area contributed by atoms with Crippen LogP contribution in [0.4, 0.5) is 0 Å². The molecule has 0 aromatic carbocycles. The molecule has 0 aromatic rings. The lowest BCUT2D eigenvalue weighted by Crippen LogP contribution is -2.62. The number of aliphatic carboxylic acids is 1. The minimum absolute atomic E-state index is 0.511. The first-order valence-corrected chi connectivity index (χ1v) is 7.77. The van der Waals surface area contributed by atoms with E-state index in [1.807, 2.05) is 20.8 Å². The second-order valence-corrected chi connectivity index (χ2v) is 6.90. The number of aliphatic hydroxyl groups is 1. The van der Waals surface area contributed by atoms with Gasteiger partial charge >= 0.3 is 5.97 Å². The van der Waals surface area contributed by atoms with E-state index in [4.69, 9.17) is 4.74 Å². The van der Waals surface area contributed by atoms with E-state index in [0.717, 1.165) is 12.8 Å². The summed E-state index contributed by atoms with van der Waals surface area (Å²) >= 11 is 0. The van der Waals surface area contributed by atoms with Gasteiger partial charge in [0.15, 0.2) is 0 Å². The summed E-state index contributed by atoms with van der Waals surface area (Å²) in [6.45, 7) is 9.69. The Labute approximate surface area is 122 Å². The molecule has 118 valence electrons. The Morgan fingerprint density at radius 1 is 1.25 bits per heavy atom. The molecule has 0 radical (unpaired) electrons. The molecule has 1 aliphatic heterocycles. The second-order valence-electron chi connectivity index (χ2n) is 6.90. The van der Waals surface area contributed by atoms with Gasteiger partial charge in [-0.3, -0.25) is 4.79 Å². The van der Waals surface area contributed by atoms with Gasteiger partial charge < -0.3 is 14.9 Å². The zero-order chi connectivity index (χ0) is 15.6. The van der Waals surface area contributed by atoms with E-state index < -0.39 is 28.7 Å². The molecule has 0 unspecified atom stereocenters. The van der Waals surface area contributed by atoms with Gasteiger partial charge in [0.05, 0.1) is 22.7 Å². The van der Waals surface area contributed by atoms with Crippen LogP contribution in [0.25, 0.3) is 0 Å². The van der Waals surface area contributed by atoms with E-state index in [9.17, 15) is 15.0 Å². The van der Waals surface area contributed by atoms with Crippen molar-refractivity contribution in [3.05, 3.63) is 0 Å². The van der Waals surface area contributed by atoms with Gasteiger partial charge in [0, 0.05) is 0 Å².